The maximum absolute atomic E-state index is 12.2. The van der Waals surface area contributed by atoms with Gasteiger partial charge in [0.1, 0.15) is 5.69 Å². The summed E-state index contributed by atoms with van der Waals surface area (Å²) >= 11 is 5.75. The number of allylic oxidation sites excluding steroid dienone is 1. The van der Waals surface area contributed by atoms with Crippen molar-refractivity contribution in [2.24, 2.45) is 10.2 Å². The molecule has 0 aliphatic heterocycles. The number of carbonyl (C=O) groups excluding carboxylic acids is 1. The van der Waals surface area contributed by atoms with Crippen LogP contribution in [-0.4, -0.2) is 22.7 Å². The van der Waals surface area contributed by atoms with Crippen molar-refractivity contribution in [2.45, 2.75) is 0 Å². The van der Waals surface area contributed by atoms with Gasteiger partial charge in [-0.3, -0.25) is 10.2 Å². The average molecular weight is 328 g/mol. The van der Waals surface area contributed by atoms with E-state index in [-0.39, 0.29) is 22.5 Å². The van der Waals surface area contributed by atoms with E-state index >= 15 is 0 Å². The van der Waals surface area contributed by atoms with Gasteiger partial charge >= 0.3 is 5.97 Å². The van der Waals surface area contributed by atoms with Gasteiger partial charge in [0.25, 0.3) is 0 Å². The number of nitrogens with one attached hydrogen (secondary N) is 1. The van der Waals surface area contributed by atoms with Crippen molar-refractivity contribution in [1.29, 1.82) is 5.41 Å². The summed E-state index contributed by atoms with van der Waals surface area (Å²) in [6.07, 6.45) is 0. The number of Topliss-reactive ketones (excluding diaryl/α,β-unsaturated/α-hetero) is 1. The summed E-state index contributed by atoms with van der Waals surface area (Å²) in [5.41, 5.74) is -0.0432. The first kappa shape index (κ1) is 16.3. The summed E-state index contributed by atoms with van der Waals surface area (Å²) in [4.78, 5) is 23.3. The number of ketones is 1. The van der Waals surface area contributed by atoms with Gasteiger partial charge in [0.15, 0.2) is 5.70 Å². The zero-order chi connectivity index (χ0) is 16.8. The van der Waals surface area contributed by atoms with Gasteiger partial charge in [-0.1, -0.05) is 23.7 Å². The van der Waals surface area contributed by atoms with E-state index in [4.69, 9.17) is 22.1 Å². The summed E-state index contributed by atoms with van der Waals surface area (Å²) < 4.78 is 0. The second-order valence-electron chi connectivity index (χ2n) is 4.33. The molecule has 23 heavy (non-hydrogen) atoms. The first-order valence-corrected chi connectivity index (χ1v) is 6.74. The van der Waals surface area contributed by atoms with Crippen molar-refractivity contribution in [3.05, 3.63) is 70.4 Å². The van der Waals surface area contributed by atoms with Crippen LogP contribution in [0.5, 0.6) is 0 Å². The fourth-order valence-electron chi connectivity index (χ4n) is 1.71. The molecule has 0 aliphatic carbocycles. The lowest BCUT2D eigenvalue weighted by Crippen LogP contribution is -2.02. The van der Waals surface area contributed by atoms with Gasteiger partial charge in [-0.15, -0.1) is 10.2 Å². The second-order valence-corrected chi connectivity index (χ2v) is 4.77. The minimum absolute atomic E-state index is 0.0560. The van der Waals surface area contributed by atoms with Crippen molar-refractivity contribution < 1.29 is 14.7 Å². The van der Waals surface area contributed by atoms with Crippen molar-refractivity contribution in [2.75, 3.05) is 0 Å². The van der Waals surface area contributed by atoms with E-state index < -0.39 is 11.8 Å². The smallest absolute Gasteiger partial charge is 0.337 e. The third kappa shape index (κ3) is 3.97. The predicted octanol–water partition coefficient (Wildman–Crippen LogP) is 4.14. The van der Waals surface area contributed by atoms with E-state index in [0.29, 0.717) is 5.02 Å². The quantitative estimate of drug-likeness (QED) is 0.373. The van der Waals surface area contributed by atoms with Crippen LogP contribution in [-0.2, 0) is 0 Å². The fraction of sp³-hybridized carbons (Fsp3) is 0. The SMILES string of the molecule is N=C=C(N=Nc1ccccc1C(=O)O)C(=O)c1ccc(Cl)cc1. The number of carboxylic acid groups (broad SMARTS) is 1. The number of carbonyl (C=O) groups is 2. The highest BCUT2D eigenvalue weighted by Crippen LogP contribution is 2.20. The summed E-state index contributed by atoms with van der Waals surface area (Å²) in [5, 5.41) is 24.1. The molecule has 2 N–H and O–H groups in total. The van der Waals surface area contributed by atoms with Crippen LogP contribution in [0.1, 0.15) is 20.7 Å². The summed E-state index contributed by atoms with van der Waals surface area (Å²) in [7, 11) is 0. The van der Waals surface area contributed by atoms with E-state index in [0.717, 1.165) is 0 Å². The minimum atomic E-state index is -1.16. The van der Waals surface area contributed by atoms with Crippen molar-refractivity contribution >= 4 is 34.9 Å². The number of nitrogens with zero attached hydrogens (tertiary/aromatic N) is 2. The molecule has 6 nitrogen and oxygen atoms in total. The van der Waals surface area contributed by atoms with Crippen LogP contribution in [0.2, 0.25) is 5.02 Å². The molecule has 2 rings (SSSR count). The van der Waals surface area contributed by atoms with Crippen LogP contribution in [0.15, 0.2) is 64.5 Å². The molecule has 0 bridgehead atoms. The largest absolute Gasteiger partial charge is 0.478 e. The summed E-state index contributed by atoms with van der Waals surface area (Å²) in [6.45, 7) is 0. The lowest BCUT2D eigenvalue weighted by Gasteiger charge is -2.00. The van der Waals surface area contributed by atoms with Gasteiger partial charge < -0.3 is 5.11 Å². The van der Waals surface area contributed by atoms with Gasteiger partial charge in [-0.05, 0) is 36.4 Å². The monoisotopic (exact) mass is 327 g/mol. The van der Waals surface area contributed by atoms with Gasteiger partial charge in [-0.25, -0.2) is 4.79 Å². The average Bonchev–Trinajstić information content (AvgIpc) is 2.56. The molecule has 0 saturated carbocycles. The second kappa shape index (κ2) is 7.26. The standard InChI is InChI=1S/C16H10ClN3O3/c17-11-7-5-10(6-8-11)15(21)14(9-18)20-19-13-4-2-1-3-12(13)16(22)23/h1-8,18H,(H,22,23). The molecule has 2 aromatic carbocycles. The number of benzene rings is 2. The maximum Gasteiger partial charge on any atom is 0.337 e. The number of carboxylic acids is 1. The van der Waals surface area contributed by atoms with Crippen LogP contribution in [0, 0.1) is 5.41 Å². The molecular formula is C16H10ClN3O3. The predicted molar refractivity (Wildman–Crippen MR) is 84.9 cm³/mol. The Morgan fingerprint density at radius 1 is 1.09 bits per heavy atom. The molecule has 0 fully saturated rings. The Labute approximate surface area is 136 Å². The number of hydrogen-bond donors (Lipinski definition) is 2. The number of halogens is 1. The molecular weight excluding hydrogens is 318 g/mol. The summed E-state index contributed by atoms with van der Waals surface area (Å²) in [5.74, 6) is 0.185. The highest BCUT2D eigenvalue weighted by Gasteiger charge is 2.13. The molecule has 0 heterocycles. The van der Waals surface area contributed by atoms with E-state index in [1.807, 2.05) is 5.87 Å². The van der Waals surface area contributed by atoms with Crippen LogP contribution < -0.4 is 0 Å². The van der Waals surface area contributed by atoms with Crippen LogP contribution >= 0.6 is 11.6 Å². The van der Waals surface area contributed by atoms with Gasteiger partial charge in [0.05, 0.1) is 5.56 Å². The Morgan fingerprint density at radius 2 is 1.74 bits per heavy atom. The first-order valence-electron chi connectivity index (χ1n) is 6.37. The highest BCUT2D eigenvalue weighted by molar-refractivity contribution is 6.30. The Bertz CT molecular complexity index is 838. The molecule has 0 spiro atoms. The van der Waals surface area contributed by atoms with Crippen molar-refractivity contribution in [1.82, 2.24) is 0 Å². The number of azo groups is 1. The number of hydrogen-bond acceptors (Lipinski definition) is 5. The van der Waals surface area contributed by atoms with Gasteiger partial charge in [0.2, 0.25) is 5.78 Å². The molecule has 0 saturated heterocycles. The Kier molecular flexibility index (Phi) is 5.15. The first-order chi connectivity index (χ1) is 11.0. The Hall–Kier alpha value is -3.08. The molecule has 0 amide bonds. The molecule has 0 aromatic heterocycles. The highest BCUT2D eigenvalue weighted by atomic mass is 35.5. The molecule has 0 atom stereocenters. The molecule has 114 valence electrons. The van der Waals surface area contributed by atoms with Gasteiger partial charge in [0, 0.05) is 16.5 Å². The summed E-state index contributed by atoms with van der Waals surface area (Å²) in [6, 6.07) is 12.0. The van der Waals surface area contributed by atoms with Gasteiger partial charge in [-0.2, -0.15) is 0 Å². The van der Waals surface area contributed by atoms with E-state index in [1.54, 1.807) is 12.1 Å². The van der Waals surface area contributed by atoms with E-state index in [1.165, 1.54) is 36.4 Å². The lowest BCUT2D eigenvalue weighted by atomic mass is 10.1. The Balaban J connectivity index is 2.30. The molecule has 0 aliphatic rings. The van der Waals surface area contributed by atoms with Crippen molar-refractivity contribution in [3.8, 4) is 0 Å². The molecule has 2 aromatic rings. The zero-order valence-electron chi connectivity index (χ0n) is 11.7. The maximum atomic E-state index is 12.2. The van der Waals surface area contributed by atoms with Crippen LogP contribution in [0.3, 0.4) is 0 Å². The Morgan fingerprint density at radius 3 is 2.35 bits per heavy atom. The minimum Gasteiger partial charge on any atom is -0.478 e. The fourth-order valence-corrected chi connectivity index (χ4v) is 1.84. The third-order valence-electron chi connectivity index (χ3n) is 2.83. The lowest BCUT2D eigenvalue weighted by molar-refractivity contribution is 0.0697. The molecule has 7 heteroatoms. The van der Waals surface area contributed by atoms with E-state index in [2.05, 4.69) is 10.2 Å². The topological polar surface area (TPSA) is 103 Å². The number of aromatic carboxylic acids is 1. The normalized spacial score (nSPS) is 10.3. The number of rotatable bonds is 5. The van der Waals surface area contributed by atoms with Crippen molar-refractivity contribution in [3.63, 3.8) is 0 Å². The zero-order valence-corrected chi connectivity index (χ0v) is 12.4. The molecule has 0 radical (unpaired) electrons. The van der Waals surface area contributed by atoms with Crippen LogP contribution in [0.4, 0.5) is 5.69 Å². The van der Waals surface area contributed by atoms with Crippen LogP contribution in [0.25, 0.3) is 0 Å². The molecule has 0 unspecified atom stereocenters. The third-order valence-corrected chi connectivity index (χ3v) is 3.08. The van der Waals surface area contributed by atoms with E-state index in [9.17, 15) is 9.59 Å².